The summed E-state index contributed by atoms with van der Waals surface area (Å²) in [6, 6.07) is 5.95. The van der Waals surface area contributed by atoms with Crippen LogP contribution >= 0.6 is 0 Å². The summed E-state index contributed by atoms with van der Waals surface area (Å²) in [5.41, 5.74) is 3.12. The number of morpholine rings is 1. The number of hydrogen-bond acceptors (Lipinski definition) is 6. The highest BCUT2D eigenvalue weighted by molar-refractivity contribution is 6.37. The second-order valence-electron chi connectivity index (χ2n) is 4.51. The minimum absolute atomic E-state index is 0.0362. The number of benzene rings is 1. The molecule has 0 amide bonds. The second-order valence-corrected chi connectivity index (χ2v) is 4.51. The number of non-ortho nitro benzene ring substituents is 1. The Hall–Kier alpha value is -2.48. The molecule has 2 rings (SSSR count). The quantitative estimate of drug-likeness (QED) is 0.388. The number of nitrogens with zero attached hydrogens (tertiary/aromatic N) is 3. The molecule has 0 atom stereocenters. The van der Waals surface area contributed by atoms with Gasteiger partial charge in [0, 0.05) is 32.1 Å². The van der Waals surface area contributed by atoms with E-state index in [9.17, 15) is 14.9 Å². The zero-order valence-corrected chi connectivity index (χ0v) is 11.6. The van der Waals surface area contributed by atoms with E-state index in [0.717, 1.165) is 0 Å². The van der Waals surface area contributed by atoms with Gasteiger partial charge in [-0.1, -0.05) is 6.07 Å². The molecule has 1 aromatic carbocycles. The fourth-order valence-corrected chi connectivity index (χ4v) is 1.95. The van der Waals surface area contributed by atoms with Gasteiger partial charge in [-0.25, -0.2) is 0 Å². The normalized spacial score (nSPS) is 15.7. The van der Waals surface area contributed by atoms with E-state index >= 15 is 0 Å². The van der Waals surface area contributed by atoms with E-state index in [1.807, 2.05) is 4.90 Å². The molecular formula is C13H16N4O4. The molecule has 1 heterocycles. The molecule has 0 spiro atoms. The van der Waals surface area contributed by atoms with Crippen LogP contribution in [0.15, 0.2) is 29.4 Å². The highest BCUT2D eigenvalue weighted by Gasteiger charge is 2.19. The number of hydrogen-bond donors (Lipinski definition) is 1. The van der Waals surface area contributed by atoms with Gasteiger partial charge in [0.25, 0.3) is 5.69 Å². The fourth-order valence-electron chi connectivity index (χ4n) is 1.95. The molecule has 0 radical (unpaired) electrons. The zero-order valence-electron chi connectivity index (χ0n) is 11.6. The molecule has 0 aromatic heterocycles. The zero-order chi connectivity index (χ0) is 15.2. The van der Waals surface area contributed by atoms with Crippen LogP contribution in [0, 0.1) is 10.1 Å². The van der Waals surface area contributed by atoms with Crippen LogP contribution in [0.25, 0.3) is 0 Å². The number of ketones is 1. The van der Waals surface area contributed by atoms with Crippen LogP contribution in [0.3, 0.4) is 0 Å². The fraction of sp³-hybridized carbons (Fsp3) is 0.385. The van der Waals surface area contributed by atoms with Crippen LogP contribution < -0.4 is 5.43 Å². The molecule has 1 aliphatic heterocycles. The Balaban J connectivity index is 2.14. The van der Waals surface area contributed by atoms with Gasteiger partial charge < -0.3 is 9.64 Å². The van der Waals surface area contributed by atoms with Crippen molar-refractivity contribution < 1.29 is 14.5 Å². The monoisotopic (exact) mass is 292 g/mol. The van der Waals surface area contributed by atoms with Crippen LogP contribution in [0.2, 0.25) is 0 Å². The minimum Gasteiger partial charge on any atom is -0.378 e. The van der Waals surface area contributed by atoms with Crippen molar-refractivity contribution in [3.63, 3.8) is 0 Å². The number of hydrazone groups is 1. The van der Waals surface area contributed by atoms with E-state index in [1.165, 1.54) is 19.1 Å². The molecule has 21 heavy (non-hydrogen) atoms. The van der Waals surface area contributed by atoms with Crippen LogP contribution in [0.1, 0.15) is 6.92 Å². The van der Waals surface area contributed by atoms with E-state index in [-0.39, 0.29) is 11.5 Å². The van der Waals surface area contributed by atoms with Crippen molar-refractivity contribution in [2.75, 3.05) is 31.7 Å². The van der Waals surface area contributed by atoms with Gasteiger partial charge >= 0.3 is 0 Å². The van der Waals surface area contributed by atoms with Gasteiger partial charge in [-0.15, -0.1) is 0 Å². The number of Topliss-reactive ketones (excluding diaryl/α,β-unsaturated/α-hetero) is 1. The SMILES string of the molecule is CC(=O)/C(=N\Nc1cccc([N+](=O)[O-])c1)N1CCOCC1. The summed E-state index contributed by atoms with van der Waals surface area (Å²) in [6.07, 6.45) is 0. The summed E-state index contributed by atoms with van der Waals surface area (Å²) in [5.74, 6) is 0.125. The predicted octanol–water partition coefficient (Wildman–Crippen LogP) is 1.24. The summed E-state index contributed by atoms with van der Waals surface area (Å²) >= 11 is 0. The van der Waals surface area contributed by atoms with Gasteiger partial charge in [-0.3, -0.25) is 20.3 Å². The van der Waals surface area contributed by atoms with Crippen molar-refractivity contribution >= 4 is 23.0 Å². The molecule has 1 aromatic rings. The van der Waals surface area contributed by atoms with Crippen molar-refractivity contribution in [3.05, 3.63) is 34.4 Å². The Kier molecular flexibility index (Phi) is 4.83. The molecule has 1 aliphatic rings. The smallest absolute Gasteiger partial charge is 0.271 e. The Labute approximate surface area is 121 Å². The van der Waals surface area contributed by atoms with Gasteiger partial charge in [0.05, 0.1) is 23.8 Å². The number of nitrogens with one attached hydrogen (secondary N) is 1. The van der Waals surface area contributed by atoms with Gasteiger partial charge in [0.1, 0.15) is 0 Å². The predicted molar refractivity (Wildman–Crippen MR) is 77.2 cm³/mol. The van der Waals surface area contributed by atoms with Gasteiger partial charge in [-0.05, 0) is 6.07 Å². The van der Waals surface area contributed by atoms with E-state index in [4.69, 9.17) is 4.74 Å². The first-order valence-corrected chi connectivity index (χ1v) is 6.49. The lowest BCUT2D eigenvalue weighted by Gasteiger charge is -2.28. The van der Waals surface area contributed by atoms with Crippen molar-refractivity contribution in [1.29, 1.82) is 0 Å². The van der Waals surface area contributed by atoms with Crippen molar-refractivity contribution in [2.24, 2.45) is 5.10 Å². The summed E-state index contributed by atoms with van der Waals surface area (Å²) in [4.78, 5) is 23.7. The molecular weight excluding hydrogens is 276 g/mol. The maximum atomic E-state index is 11.7. The van der Waals surface area contributed by atoms with E-state index in [1.54, 1.807) is 12.1 Å². The summed E-state index contributed by atoms with van der Waals surface area (Å²) < 4.78 is 5.23. The topological polar surface area (TPSA) is 97.1 Å². The maximum Gasteiger partial charge on any atom is 0.271 e. The molecule has 112 valence electrons. The standard InChI is InChI=1S/C13H16N4O4/c1-10(18)13(16-5-7-21-8-6-16)15-14-11-3-2-4-12(9-11)17(19)20/h2-4,9,14H,5-8H2,1H3/b15-13+. The van der Waals surface area contributed by atoms with Crippen LogP contribution in [0.5, 0.6) is 0 Å². The first-order chi connectivity index (χ1) is 10.1. The number of amidine groups is 1. The molecule has 1 saturated heterocycles. The highest BCUT2D eigenvalue weighted by Crippen LogP contribution is 2.17. The number of rotatable bonds is 4. The summed E-state index contributed by atoms with van der Waals surface area (Å²) in [7, 11) is 0. The Morgan fingerprint density at radius 2 is 2.14 bits per heavy atom. The average Bonchev–Trinajstić information content (AvgIpc) is 2.48. The molecule has 0 aliphatic carbocycles. The molecule has 0 unspecified atom stereocenters. The third-order valence-electron chi connectivity index (χ3n) is 2.97. The minimum atomic E-state index is -0.483. The number of ether oxygens (including phenoxy) is 1. The number of carbonyl (C=O) groups excluding carboxylic acids is 1. The van der Waals surface area contributed by atoms with Gasteiger partial charge in [0.15, 0.2) is 11.6 Å². The third kappa shape index (κ3) is 3.99. The lowest BCUT2D eigenvalue weighted by Crippen LogP contribution is -2.44. The van der Waals surface area contributed by atoms with Crippen molar-refractivity contribution in [3.8, 4) is 0 Å². The lowest BCUT2D eigenvalue weighted by molar-refractivity contribution is -0.384. The van der Waals surface area contributed by atoms with E-state index in [2.05, 4.69) is 10.5 Å². The number of nitro benzene ring substituents is 1. The Morgan fingerprint density at radius 3 is 2.76 bits per heavy atom. The second kappa shape index (κ2) is 6.80. The van der Waals surface area contributed by atoms with E-state index < -0.39 is 4.92 Å². The number of carbonyl (C=O) groups is 1. The molecule has 8 heteroatoms. The summed E-state index contributed by atoms with van der Waals surface area (Å²) in [5, 5.41) is 14.8. The van der Waals surface area contributed by atoms with Gasteiger partial charge in [-0.2, -0.15) is 5.10 Å². The molecule has 1 fully saturated rings. The Morgan fingerprint density at radius 1 is 1.43 bits per heavy atom. The maximum absolute atomic E-state index is 11.7. The highest BCUT2D eigenvalue weighted by atomic mass is 16.6. The Bertz CT molecular complexity index is 567. The van der Waals surface area contributed by atoms with Crippen LogP contribution in [0.4, 0.5) is 11.4 Å². The van der Waals surface area contributed by atoms with Crippen molar-refractivity contribution in [1.82, 2.24) is 4.90 Å². The lowest BCUT2D eigenvalue weighted by atomic mass is 10.3. The number of nitro groups is 1. The first kappa shape index (κ1) is 14.9. The van der Waals surface area contributed by atoms with Crippen molar-refractivity contribution in [2.45, 2.75) is 6.92 Å². The number of anilines is 1. The third-order valence-corrected chi connectivity index (χ3v) is 2.97. The first-order valence-electron chi connectivity index (χ1n) is 6.49. The molecule has 0 bridgehead atoms. The largest absolute Gasteiger partial charge is 0.378 e. The van der Waals surface area contributed by atoms with Crippen LogP contribution in [-0.2, 0) is 9.53 Å². The van der Waals surface area contributed by atoms with Crippen LogP contribution in [-0.4, -0.2) is 47.7 Å². The molecule has 0 saturated carbocycles. The molecule has 8 nitrogen and oxygen atoms in total. The molecule has 1 N–H and O–H groups in total. The van der Waals surface area contributed by atoms with Gasteiger partial charge in [0.2, 0.25) is 0 Å². The summed E-state index contributed by atoms with van der Waals surface area (Å²) in [6.45, 7) is 3.71. The van der Waals surface area contributed by atoms with E-state index in [0.29, 0.717) is 37.8 Å². The average molecular weight is 292 g/mol.